The van der Waals surface area contributed by atoms with E-state index in [1.54, 1.807) is 31.2 Å². The third-order valence-electron chi connectivity index (χ3n) is 5.15. The molecule has 3 aromatic carbocycles. The van der Waals surface area contributed by atoms with Crippen LogP contribution in [0.1, 0.15) is 18.1 Å². The molecule has 0 saturated carbocycles. The lowest BCUT2D eigenvalue weighted by atomic mass is 9.86. The zero-order chi connectivity index (χ0) is 20.6. The Kier molecular flexibility index (Phi) is 5.21. The number of fused-ring (bicyclic) bond motifs is 1. The lowest BCUT2D eigenvalue weighted by Crippen LogP contribution is -2.39. The zero-order valence-electron chi connectivity index (χ0n) is 16.0. The second-order valence-corrected chi connectivity index (χ2v) is 7.59. The molecule has 0 bridgehead atoms. The van der Waals surface area contributed by atoms with Gasteiger partial charge in [-0.2, -0.15) is 0 Å². The molecule has 2 atom stereocenters. The Balaban J connectivity index is 1.89. The van der Waals surface area contributed by atoms with Crippen LogP contribution < -0.4 is 20.9 Å². The molecule has 29 heavy (non-hydrogen) atoms. The SMILES string of the molecule is CC(N)Oc1cccc(F)c1-c1c(Cl)ccc2c1C[C@@](CN)(c1ccccc1)O2. The molecule has 0 amide bonds. The first-order valence-electron chi connectivity index (χ1n) is 9.42. The number of rotatable bonds is 5. The molecule has 0 fully saturated rings. The van der Waals surface area contributed by atoms with Crippen LogP contribution >= 0.6 is 11.6 Å². The van der Waals surface area contributed by atoms with Crippen LogP contribution in [0.15, 0.2) is 60.7 Å². The average molecular weight is 413 g/mol. The van der Waals surface area contributed by atoms with E-state index in [-0.39, 0.29) is 12.1 Å². The van der Waals surface area contributed by atoms with Crippen LogP contribution in [0, 0.1) is 5.82 Å². The first-order valence-corrected chi connectivity index (χ1v) is 9.80. The van der Waals surface area contributed by atoms with Crippen LogP contribution in [-0.4, -0.2) is 12.8 Å². The van der Waals surface area contributed by atoms with Crippen molar-refractivity contribution < 1.29 is 13.9 Å². The first kappa shape index (κ1) is 19.7. The predicted molar refractivity (Wildman–Crippen MR) is 113 cm³/mol. The van der Waals surface area contributed by atoms with Gasteiger partial charge in [-0.05, 0) is 36.8 Å². The van der Waals surface area contributed by atoms with E-state index in [0.29, 0.717) is 28.5 Å². The molecule has 0 spiro atoms. The molecule has 1 unspecified atom stereocenters. The molecule has 6 heteroatoms. The largest absolute Gasteiger partial charge is 0.481 e. The molecule has 4 rings (SSSR count). The Morgan fingerprint density at radius 2 is 1.86 bits per heavy atom. The van der Waals surface area contributed by atoms with E-state index >= 15 is 0 Å². The maximum absolute atomic E-state index is 15.0. The van der Waals surface area contributed by atoms with Crippen molar-refractivity contribution in [2.45, 2.75) is 25.2 Å². The second-order valence-electron chi connectivity index (χ2n) is 7.18. The number of hydrogen-bond acceptors (Lipinski definition) is 4. The summed E-state index contributed by atoms with van der Waals surface area (Å²) in [5.41, 5.74) is 13.8. The van der Waals surface area contributed by atoms with Crippen molar-refractivity contribution in [2.75, 3.05) is 6.54 Å². The zero-order valence-corrected chi connectivity index (χ0v) is 16.7. The Morgan fingerprint density at radius 3 is 2.55 bits per heavy atom. The van der Waals surface area contributed by atoms with Gasteiger partial charge in [-0.15, -0.1) is 0 Å². The Labute approximate surface area is 174 Å². The highest BCUT2D eigenvalue weighted by Gasteiger charge is 2.42. The van der Waals surface area contributed by atoms with E-state index in [1.165, 1.54) is 6.07 Å². The quantitative estimate of drug-likeness (QED) is 0.600. The third kappa shape index (κ3) is 3.46. The van der Waals surface area contributed by atoms with Crippen LogP contribution in [0.2, 0.25) is 5.02 Å². The summed E-state index contributed by atoms with van der Waals surface area (Å²) in [7, 11) is 0. The maximum atomic E-state index is 15.0. The van der Waals surface area contributed by atoms with Crippen LogP contribution in [0.5, 0.6) is 11.5 Å². The van der Waals surface area contributed by atoms with Crippen molar-refractivity contribution in [3.63, 3.8) is 0 Å². The van der Waals surface area contributed by atoms with Crippen LogP contribution in [-0.2, 0) is 12.0 Å². The predicted octanol–water partition coefficient (Wildman–Crippen LogP) is 4.62. The molecule has 0 aromatic heterocycles. The highest BCUT2D eigenvalue weighted by Crippen LogP contribution is 2.49. The van der Waals surface area contributed by atoms with E-state index in [0.717, 1.165) is 11.1 Å². The third-order valence-corrected chi connectivity index (χ3v) is 5.47. The molecule has 4 N–H and O–H groups in total. The number of benzene rings is 3. The van der Waals surface area contributed by atoms with Gasteiger partial charge in [0, 0.05) is 29.1 Å². The molecule has 0 saturated heterocycles. The summed E-state index contributed by atoms with van der Waals surface area (Å²) in [6.45, 7) is 1.95. The minimum absolute atomic E-state index is 0.267. The number of nitrogens with two attached hydrogens (primary N) is 2. The summed E-state index contributed by atoms with van der Waals surface area (Å²) in [5.74, 6) is 0.525. The van der Waals surface area contributed by atoms with Crippen LogP contribution in [0.3, 0.4) is 0 Å². The second kappa shape index (κ2) is 7.67. The molecular formula is C23H22ClFN2O2. The number of halogens is 2. The Morgan fingerprint density at radius 1 is 1.10 bits per heavy atom. The van der Waals surface area contributed by atoms with Gasteiger partial charge in [0.2, 0.25) is 0 Å². The van der Waals surface area contributed by atoms with Crippen molar-refractivity contribution >= 4 is 11.6 Å². The van der Waals surface area contributed by atoms with Gasteiger partial charge < -0.3 is 15.2 Å². The van der Waals surface area contributed by atoms with Gasteiger partial charge in [0.25, 0.3) is 0 Å². The highest BCUT2D eigenvalue weighted by atomic mass is 35.5. The van der Waals surface area contributed by atoms with Crippen molar-refractivity contribution in [1.29, 1.82) is 0 Å². The van der Waals surface area contributed by atoms with E-state index in [1.807, 2.05) is 30.3 Å². The van der Waals surface area contributed by atoms with E-state index in [2.05, 4.69) is 0 Å². The maximum Gasteiger partial charge on any atom is 0.150 e. The molecule has 150 valence electrons. The van der Waals surface area contributed by atoms with Gasteiger partial charge in [-0.3, -0.25) is 5.73 Å². The molecule has 0 radical (unpaired) electrons. The van der Waals surface area contributed by atoms with E-state index in [9.17, 15) is 4.39 Å². The number of ether oxygens (including phenoxy) is 2. The summed E-state index contributed by atoms with van der Waals surface area (Å²) in [6, 6.07) is 17.9. The Bertz CT molecular complexity index is 1040. The standard InChI is InChI=1S/C23H22ClFN2O2/c1-14(27)28-20-9-5-8-18(25)22(20)21-16-12-23(13-26,15-6-3-2-4-7-15)29-19(16)11-10-17(21)24/h2-11,14H,12-13,26-27H2,1H3/t14?,23-/m1/s1. The Hall–Kier alpha value is -2.60. The van der Waals surface area contributed by atoms with Gasteiger partial charge in [0.15, 0.2) is 5.60 Å². The fourth-order valence-corrected chi connectivity index (χ4v) is 4.13. The lowest BCUT2D eigenvalue weighted by molar-refractivity contribution is 0.103. The molecule has 1 aliphatic heterocycles. The smallest absolute Gasteiger partial charge is 0.150 e. The summed E-state index contributed by atoms with van der Waals surface area (Å²) >= 11 is 6.56. The highest BCUT2D eigenvalue weighted by molar-refractivity contribution is 6.33. The summed E-state index contributed by atoms with van der Waals surface area (Å²) < 4.78 is 27.0. The monoisotopic (exact) mass is 412 g/mol. The van der Waals surface area contributed by atoms with Gasteiger partial charge in [0.05, 0.1) is 5.56 Å². The van der Waals surface area contributed by atoms with Crippen LogP contribution in [0.25, 0.3) is 11.1 Å². The lowest BCUT2D eigenvalue weighted by Gasteiger charge is -2.27. The molecular weight excluding hydrogens is 391 g/mol. The number of hydrogen-bond donors (Lipinski definition) is 2. The molecule has 3 aromatic rings. The van der Waals surface area contributed by atoms with Crippen molar-refractivity contribution in [1.82, 2.24) is 0 Å². The molecule has 0 aliphatic carbocycles. The average Bonchev–Trinajstić information content (AvgIpc) is 3.10. The summed E-state index contributed by atoms with van der Waals surface area (Å²) in [6.07, 6.45) is -0.139. The van der Waals surface area contributed by atoms with Gasteiger partial charge in [-0.1, -0.05) is 48.0 Å². The molecule has 1 heterocycles. The minimum atomic E-state index is -0.740. The van der Waals surface area contributed by atoms with Crippen LogP contribution in [0.4, 0.5) is 4.39 Å². The summed E-state index contributed by atoms with van der Waals surface area (Å²) in [5, 5.41) is 0.410. The van der Waals surface area contributed by atoms with Crippen molar-refractivity contribution in [2.24, 2.45) is 11.5 Å². The van der Waals surface area contributed by atoms with Crippen molar-refractivity contribution in [3.05, 3.63) is 82.6 Å². The fraction of sp³-hybridized carbons (Fsp3) is 0.217. The summed E-state index contributed by atoms with van der Waals surface area (Å²) in [4.78, 5) is 0. The molecule has 4 nitrogen and oxygen atoms in total. The van der Waals surface area contributed by atoms with E-state index in [4.69, 9.17) is 32.5 Å². The minimum Gasteiger partial charge on any atom is -0.481 e. The first-order chi connectivity index (χ1) is 13.9. The van der Waals surface area contributed by atoms with Crippen molar-refractivity contribution in [3.8, 4) is 22.6 Å². The molecule has 1 aliphatic rings. The normalized spacial score (nSPS) is 18.8. The fourth-order valence-electron chi connectivity index (χ4n) is 3.85. The van der Waals surface area contributed by atoms with E-state index < -0.39 is 17.6 Å². The van der Waals surface area contributed by atoms with Gasteiger partial charge >= 0.3 is 0 Å². The van der Waals surface area contributed by atoms with Gasteiger partial charge in [-0.25, -0.2) is 4.39 Å². The topological polar surface area (TPSA) is 70.5 Å². The van der Waals surface area contributed by atoms with Gasteiger partial charge in [0.1, 0.15) is 23.5 Å².